The summed E-state index contributed by atoms with van der Waals surface area (Å²) in [5, 5.41) is 37.8. The number of aliphatic hydroxyl groups excluding tert-OH is 1. The van der Waals surface area contributed by atoms with E-state index in [-0.39, 0.29) is 18.4 Å². The number of aromatic amines is 1. The van der Waals surface area contributed by atoms with E-state index in [1.807, 2.05) is 50.1 Å². The molecule has 1 spiro atoms. The zero-order chi connectivity index (χ0) is 42.7. The SMILES string of the molecule is CCC1(O)CCC2CN1CCc1c([nH]c3ccccc13)[C@@](C(=O)OC)(c1cc3c(cc1OC)N(C)[C@H]1[C@@](O)(C(=O)OC)[C@H](OC(C)=O)[C@]4(CC)C[C@@H](O)CN5CC[C@]31[C@@H]54)C2. The van der Waals surface area contributed by atoms with Crippen molar-refractivity contribution in [2.24, 2.45) is 11.3 Å². The number of hydrogen-bond acceptors (Lipinski definition) is 13. The van der Waals surface area contributed by atoms with Gasteiger partial charge >= 0.3 is 17.9 Å². The minimum atomic E-state index is -2.37. The van der Waals surface area contributed by atoms with Crippen LogP contribution >= 0.6 is 0 Å². The van der Waals surface area contributed by atoms with Crippen molar-refractivity contribution in [3.63, 3.8) is 0 Å². The topological polar surface area (TPSA) is 174 Å². The summed E-state index contributed by atoms with van der Waals surface area (Å²) in [5.74, 6) is -1.59. The Labute approximate surface area is 351 Å². The lowest BCUT2D eigenvalue weighted by atomic mass is 9.46. The van der Waals surface area contributed by atoms with Crippen LogP contribution in [-0.2, 0) is 45.8 Å². The number of para-hydroxylation sites is 1. The Bertz CT molecular complexity index is 2250. The first kappa shape index (κ1) is 41.2. The van der Waals surface area contributed by atoms with Gasteiger partial charge in [0.25, 0.3) is 0 Å². The fraction of sp³-hybridized carbons (Fsp3) is 0.630. The summed E-state index contributed by atoms with van der Waals surface area (Å²) < 4.78 is 23.9. The van der Waals surface area contributed by atoms with Crippen molar-refractivity contribution in [1.82, 2.24) is 14.8 Å². The van der Waals surface area contributed by atoms with E-state index in [0.717, 1.165) is 27.7 Å². The minimum Gasteiger partial charge on any atom is -0.496 e. The van der Waals surface area contributed by atoms with Crippen molar-refractivity contribution < 1.29 is 48.7 Å². The average Bonchev–Trinajstić information content (AvgIpc) is 3.90. The number of H-pyrrole nitrogens is 1. The first-order valence-electron chi connectivity index (χ1n) is 21.7. The molecular weight excluding hydrogens is 769 g/mol. The molecule has 324 valence electrons. The van der Waals surface area contributed by atoms with Crippen molar-refractivity contribution >= 4 is 34.5 Å². The molecule has 6 aliphatic rings. The Kier molecular flexibility index (Phi) is 9.72. The number of esters is 3. The predicted molar refractivity (Wildman–Crippen MR) is 222 cm³/mol. The van der Waals surface area contributed by atoms with Gasteiger partial charge in [0.15, 0.2) is 6.10 Å². The molecule has 2 bridgehead atoms. The van der Waals surface area contributed by atoms with Gasteiger partial charge in [0.05, 0.1) is 33.5 Å². The van der Waals surface area contributed by atoms with Gasteiger partial charge in [-0.15, -0.1) is 0 Å². The van der Waals surface area contributed by atoms with E-state index in [9.17, 15) is 24.9 Å². The highest BCUT2D eigenvalue weighted by atomic mass is 16.6. The zero-order valence-electron chi connectivity index (χ0n) is 35.9. The van der Waals surface area contributed by atoms with Crippen molar-refractivity contribution in [2.45, 2.75) is 119 Å². The lowest BCUT2D eigenvalue weighted by molar-refractivity contribution is -0.249. The molecule has 14 heteroatoms. The van der Waals surface area contributed by atoms with Crippen molar-refractivity contribution in [2.75, 3.05) is 59.5 Å². The lowest BCUT2D eigenvalue weighted by Crippen LogP contribution is -2.82. The molecule has 3 saturated heterocycles. The summed E-state index contributed by atoms with van der Waals surface area (Å²) in [5.41, 5.74) is -2.07. The third kappa shape index (κ3) is 5.20. The van der Waals surface area contributed by atoms with Crippen molar-refractivity contribution in [1.29, 1.82) is 0 Å². The number of likely N-dealkylation sites (N-methyl/N-ethyl adjacent to an activating group) is 1. The van der Waals surface area contributed by atoms with E-state index in [1.54, 1.807) is 7.11 Å². The first-order valence-corrected chi connectivity index (χ1v) is 21.7. The molecule has 2 aromatic carbocycles. The van der Waals surface area contributed by atoms with Crippen molar-refractivity contribution in [3.05, 3.63) is 58.8 Å². The maximum Gasteiger partial charge on any atom is 0.344 e. The van der Waals surface area contributed by atoms with Crippen LogP contribution < -0.4 is 9.64 Å². The lowest BCUT2D eigenvalue weighted by Gasteiger charge is -2.65. The molecule has 1 saturated carbocycles. The quantitative estimate of drug-likeness (QED) is 0.202. The number of piperidine rings is 2. The second-order valence-electron chi connectivity index (χ2n) is 18.6. The predicted octanol–water partition coefficient (Wildman–Crippen LogP) is 3.53. The minimum absolute atomic E-state index is 0.0158. The molecule has 60 heavy (non-hydrogen) atoms. The number of ether oxygens (including phenoxy) is 4. The van der Waals surface area contributed by atoms with Crippen LogP contribution in [0.5, 0.6) is 5.75 Å². The number of nitrogens with zero attached hydrogens (tertiary/aromatic N) is 3. The molecule has 0 amide bonds. The van der Waals surface area contributed by atoms with E-state index >= 15 is 4.79 Å². The Hall–Kier alpha value is -4.21. The molecule has 3 aromatic rings. The van der Waals surface area contributed by atoms with Crippen LogP contribution in [0.2, 0.25) is 0 Å². The molecule has 3 unspecified atom stereocenters. The number of methoxy groups -OCH3 is 3. The summed E-state index contributed by atoms with van der Waals surface area (Å²) in [6.45, 7) is 7.37. The van der Waals surface area contributed by atoms with Gasteiger partial charge in [-0.3, -0.25) is 19.4 Å². The molecule has 14 nitrogen and oxygen atoms in total. The summed E-state index contributed by atoms with van der Waals surface area (Å²) in [7, 11) is 6.08. The molecule has 4 fully saturated rings. The van der Waals surface area contributed by atoms with Gasteiger partial charge in [-0.05, 0) is 87.1 Å². The standard InChI is InChI=1S/C46H60N4O10/c1-8-42-23-28(52)25-49-19-17-44(37(42)49)31-20-32(35(57-5)21-34(31)48(4)38(44)46(56,41(54)59-7)39(42)60-26(3)51)45(40(53)58-6)22-27-14-16-43(55,9-2)50(24-27)18-15-30-29-12-10-11-13-33(29)47-36(30)45/h10-13,20-21,27-28,37-39,47,52,55-56H,8-9,14-19,22-25H2,1-7H3/t27?,28-,37+,38-,39-,42-,43?,44-,45+,46+/m1/s1. The highest BCUT2D eigenvalue weighted by Crippen LogP contribution is 2.69. The van der Waals surface area contributed by atoms with Gasteiger partial charge in [-0.1, -0.05) is 32.0 Å². The molecule has 4 N–H and O–H groups in total. The molecule has 9 rings (SSSR count). The molecule has 6 heterocycles. The molecular formula is C46H60N4O10. The van der Waals surface area contributed by atoms with Gasteiger partial charge in [0, 0.05) is 84.4 Å². The summed E-state index contributed by atoms with van der Waals surface area (Å²) in [6.07, 6.45) is 1.68. The second kappa shape index (κ2) is 14.2. The Morgan fingerprint density at radius 3 is 2.35 bits per heavy atom. The van der Waals surface area contributed by atoms with E-state index in [4.69, 9.17) is 18.9 Å². The smallest absolute Gasteiger partial charge is 0.344 e. The first-order chi connectivity index (χ1) is 28.6. The van der Waals surface area contributed by atoms with Crippen LogP contribution in [0.4, 0.5) is 5.69 Å². The Morgan fingerprint density at radius 1 is 0.917 bits per heavy atom. The zero-order valence-corrected chi connectivity index (χ0v) is 35.9. The summed E-state index contributed by atoms with van der Waals surface area (Å²) in [4.78, 5) is 52.9. The van der Waals surface area contributed by atoms with Crippen LogP contribution in [0.1, 0.15) is 88.1 Å². The molecule has 1 aromatic heterocycles. The van der Waals surface area contributed by atoms with Crippen LogP contribution in [0.25, 0.3) is 10.9 Å². The van der Waals surface area contributed by atoms with Crippen LogP contribution in [0, 0.1) is 11.3 Å². The maximum atomic E-state index is 15.3. The number of benzene rings is 2. The largest absolute Gasteiger partial charge is 0.496 e. The summed E-state index contributed by atoms with van der Waals surface area (Å²) >= 11 is 0. The van der Waals surface area contributed by atoms with E-state index in [0.29, 0.717) is 88.1 Å². The number of hydrogen-bond donors (Lipinski definition) is 4. The number of fused-ring (bicyclic) bond motifs is 6. The fourth-order valence-electron chi connectivity index (χ4n) is 14.0. The highest BCUT2D eigenvalue weighted by molar-refractivity contribution is 5.95. The molecule has 0 radical (unpaired) electrons. The van der Waals surface area contributed by atoms with E-state index in [2.05, 4.69) is 26.9 Å². The average molecular weight is 829 g/mol. The highest BCUT2D eigenvalue weighted by Gasteiger charge is 2.81. The van der Waals surface area contributed by atoms with Crippen LogP contribution in [-0.4, -0.2) is 138 Å². The number of rotatable bonds is 7. The monoisotopic (exact) mass is 828 g/mol. The third-order valence-electron chi connectivity index (χ3n) is 16.2. The van der Waals surface area contributed by atoms with Crippen LogP contribution in [0.15, 0.2) is 36.4 Å². The number of anilines is 1. The number of aliphatic hydroxyl groups is 3. The van der Waals surface area contributed by atoms with Gasteiger partial charge in [-0.2, -0.15) is 0 Å². The van der Waals surface area contributed by atoms with E-state index < -0.39 is 63.7 Å². The van der Waals surface area contributed by atoms with Crippen molar-refractivity contribution in [3.8, 4) is 5.75 Å². The summed E-state index contributed by atoms with van der Waals surface area (Å²) in [6, 6.07) is 10.7. The van der Waals surface area contributed by atoms with Gasteiger partial charge < -0.3 is 44.2 Å². The number of carbonyl (C=O) groups is 3. The fourth-order valence-corrected chi connectivity index (χ4v) is 14.0. The molecule has 5 aliphatic heterocycles. The Balaban J connectivity index is 1.35. The van der Waals surface area contributed by atoms with E-state index in [1.165, 1.54) is 21.1 Å². The van der Waals surface area contributed by atoms with Crippen LogP contribution in [0.3, 0.4) is 0 Å². The Morgan fingerprint density at radius 2 is 1.67 bits per heavy atom. The second-order valence-corrected chi connectivity index (χ2v) is 18.6. The van der Waals surface area contributed by atoms with Gasteiger partial charge in [0.2, 0.25) is 5.60 Å². The van der Waals surface area contributed by atoms with Gasteiger partial charge in [0.1, 0.15) is 16.9 Å². The maximum absolute atomic E-state index is 15.3. The number of carbonyl (C=O) groups excluding carboxylic acids is 3. The number of aromatic nitrogens is 1. The molecule has 11 atom stereocenters. The normalized spacial score (nSPS) is 38.1. The van der Waals surface area contributed by atoms with Gasteiger partial charge in [-0.25, -0.2) is 4.79 Å². The third-order valence-corrected chi connectivity index (χ3v) is 16.2. The molecule has 1 aliphatic carbocycles. The number of nitrogens with one attached hydrogen (secondary N) is 1.